The van der Waals surface area contributed by atoms with E-state index in [1.165, 1.54) is 6.07 Å². The standard InChI is InChI=1S/C14H18BrF3O2/c1-13(2,20-3)7-6-12(19)10-8-9(14(16,17)18)4-5-11(10)15/h4-5,8,12,19H,6-7H2,1-3H3. The number of rotatable bonds is 5. The predicted molar refractivity (Wildman–Crippen MR) is 74.4 cm³/mol. The Kier molecular flexibility index (Phi) is 5.63. The van der Waals surface area contributed by atoms with Crippen molar-refractivity contribution in [3.8, 4) is 0 Å². The van der Waals surface area contributed by atoms with Crippen molar-refractivity contribution in [2.24, 2.45) is 0 Å². The average molecular weight is 355 g/mol. The zero-order chi connectivity index (χ0) is 15.6. The molecule has 1 aromatic rings. The van der Waals surface area contributed by atoms with Gasteiger partial charge < -0.3 is 9.84 Å². The summed E-state index contributed by atoms with van der Waals surface area (Å²) in [5.41, 5.74) is -0.942. The summed E-state index contributed by atoms with van der Waals surface area (Å²) in [4.78, 5) is 0. The highest BCUT2D eigenvalue weighted by Crippen LogP contribution is 2.35. The summed E-state index contributed by atoms with van der Waals surface area (Å²) in [6, 6.07) is 3.27. The summed E-state index contributed by atoms with van der Waals surface area (Å²) < 4.78 is 43.7. The maximum atomic E-state index is 12.7. The minimum absolute atomic E-state index is 0.242. The summed E-state index contributed by atoms with van der Waals surface area (Å²) in [7, 11) is 1.56. The molecule has 0 saturated carbocycles. The Hall–Kier alpha value is -0.590. The second-order valence-corrected chi connectivity index (χ2v) is 6.11. The van der Waals surface area contributed by atoms with Crippen LogP contribution in [0.4, 0.5) is 13.2 Å². The van der Waals surface area contributed by atoms with Gasteiger partial charge in [0.25, 0.3) is 0 Å². The van der Waals surface area contributed by atoms with Crippen molar-refractivity contribution in [3.05, 3.63) is 33.8 Å². The first-order chi connectivity index (χ1) is 9.07. The molecule has 20 heavy (non-hydrogen) atoms. The van der Waals surface area contributed by atoms with Crippen molar-refractivity contribution in [2.75, 3.05) is 7.11 Å². The van der Waals surface area contributed by atoms with Gasteiger partial charge >= 0.3 is 6.18 Å². The Morgan fingerprint density at radius 1 is 1.30 bits per heavy atom. The van der Waals surface area contributed by atoms with Gasteiger partial charge in [-0.2, -0.15) is 13.2 Å². The summed E-state index contributed by atoms with van der Waals surface area (Å²) in [6.45, 7) is 3.72. The molecular weight excluding hydrogens is 337 g/mol. The minimum atomic E-state index is -4.42. The molecule has 0 heterocycles. The lowest BCUT2D eigenvalue weighted by Crippen LogP contribution is -2.23. The fourth-order valence-electron chi connectivity index (χ4n) is 1.72. The third-order valence-electron chi connectivity index (χ3n) is 3.25. The number of ether oxygens (including phenoxy) is 1. The van der Waals surface area contributed by atoms with Gasteiger partial charge in [-0.05, 0) is 50.5 Å². The van der Waals surface area contributed by atoms with Crippen molar-refractivity contribution in [2.45, 2.75) is 44.6 Å². The van der Waals surface area contributed by atoms with E-state index < -0.39 is 23.4 Å². The van der Waals surface area contributed by atoms with Gasteiger partial charge in [0, 0.05) is 11.6 Å². The first kappa shape index (κ1) is 17.5. The van der Waals surface area contributed by atoms with E-state index in [1.807, 2.05) is 13.8 Å². The van der Waals surface area contributed by atoms with Gasteiger partial charge in [0.15, 0.2) is 0 Å². The van der Waals surface area contributed by atoms with E-state index in [9.17, 15) is 18.3 Å². The first-order valence-electron chi connectivity index (χ1n) is 6.17. The fraction of sp³-hybridized carbons (Fsp3) is 0.571. The average Bonchev–Trinajstić information content (AvgIpc) is 2.35. The van der Waals surface area contributed by atoms with Crippen molar-refractivity contribution >= 4 is 15.9 Å². The largest absolute Gasteiger partial charge is 0.416 e. The van der Waals surface area contributed by atoms with Crippen molar-refractivity contribution in [3.63, 3.8) is 0 Å². The Labute approximate surface area is 125 Å². The number of hydrogen-bond donors (Lipinski definition) is 1. The van der Waals surface area contributed by atoms with E-state index in [2.05, 4.69) is 15.9 Å². The van der Waals surface area contributed by atoms with Crippen LogP contribution in [0, 0.1) is 0 Å². The normalized spacial score (nSPS) is 14.4. The molecule has 0 saturated heterocycles. The van der Waals surface area contributed by atoms with Crippen LogP contribution in [-0.2, 0) is 10.9 Å². The number of methoxy groups -OCH3 is 1. The Morgan fingerprint density at radius 2 is 1.90 bits per heavy atom. The summed E-state index contributed by atoms with van der Waals surface area (Å²) in [5, 5.41) is 10.1. The van der Waals surface area contributed by atoms with E-state index in [4.69, 9.17) is 4.74 Å². The molecule has 6 heteroatoms. The lowest BCUT2D eigenvalue weighted by molar-refractivity contribution is -0.137. The van der Waals surface area contributed by atoms with Gasteiger partial charge in [0.1, 0.15) is 0 Å². The first-order valence-corrected chi connectivity index (χ1v) is 6.96. The second-order valence-electron chi connectivity index (χ2n) is 5.25. The number of aliphatic hydroxyl groups is 1. The Bertz CT molecular complexity index is 458. The molecule has 1 atom stereocenters. The van der Waals surface area contributed by atoms with Gasteiger partial charge in [-0.3, -0.25) is 0 Å². The van der Waals surface area contributed by atoms with Crippen LogP contribution in [0.1, 0.15) is 43.9 Å². The van der Waals surface area contributed by atoms with Gasteiger partial charge in [0.2, 0.25) is 0 Å². The number of hydrogen-bond acceptors (Lipinski definition) is 2. The Balaban J connectivity index is 2.90. The van der Waals surface area contributed by atoms with E-state index in [0.717, 1.165) is 12.1 Å². The lowest BCUT2D eigenvalue weighted by atomic mass is 9.96. The molecule has 114 valence electrons. The van der Waals surface area contributed by atoms with Crippen molar-refractivity contribution in [1.82, 2.24) is 0 Å². The van der Waals surface area contributed by atoms with Crippen LogP contribution in [0.3, 0.4) is 0 Å². The van der Waals surface area contributed by atoms with Crippen LogP contribution in [0.5, 0.6) is 0 Å². The molecule has 0 aliphatic heterocycles. The SMILES string of the molecule is COC(C)(C)CCC(O)c1cc(C(F)(F)F)ccc1Br. The summed E-state index contributed by atoms with van der Waals surface area (Å²) in [5.74, 6) is 0. The smallest absolute Gasteiger partial charge is 0.388 e. The predicted octanol–water partition coefficient (Wildman–Crippen LogP) is 4.71. The maximum absolute atomic E-state index is 12.7. The molecule has 0 bridgehead atoms. The van der Waals surface area contributed by atoms with Gasteiger partial charge in [0.05, 0.1) is 17.3 Å². The third kappa shape index (κ3) is 4.75. The van der Waals surface area contributed by atoms with Gasteiger partial charge in [-0.25, -0.2) is 0 Å². The number of benzene rings is 1. The van der Waals surface area contributed by atoms with Crippen LogP contribution in [0.15, 0.2) is 22.7 Å². The van der Waals surface area contributed by atoms with Gasteiger partial charge in [-0.15, -0.1) is 0 Å². The van der Waals surface area contributed by atoms with E-state index in [0.29, 0.717) is 17.3 Å². The highest BCUT2D eigenvalue weighted by atomic mass is 79.9. The molecule has 0 aromatic heterocycles. The highest BCUT2D eigenvalue weighted by Gasteiger charge is 2.31. The molecule has 0 radical (unpaired) electrons. The zero-order valence-corrected chi connectivity index (χ0v) is 13.2. The molecule has 0 spiro atoms. The topological polar surface area (TPSA) is 29.5 Å². The molecule has 1 rings (SSSR count). The molecule has 1 unspecified atom stereocenters. The highest BCUT2D eigenvalue weighted by molar-refractivity contribution is 9.10. The van der Waals surface area contributed by atoms with Crippen LogP contribution in [0.2, 0.25) is 0 Å². The molecule has 0 fully saturated rings. The number of halogens is 4. The molecular formula is C14H18BrF3O2. The van der Waals surface area contributed by atoms with Crippen LogP contribution < -0.4 is 0 Å². The minimum Gasteiger partial charge on any atom is -0.388 e. The summed E-state index contributed by atoms with van der Waals surface area (Å²) in [6.07, 6.45) is -4.53. The summed E-state index contributed by atoms with van der Waals surface area (Å²) >= 11 is 3.18. The third-order valence-corrected chi connectivity index (χ3v) is 3.98. The molecule has 1 aromatic carbocycles. The van der Waals surface area contributed by atoms with E-state index in [-0.39, 0.29) is 5.56 Å². The number of alkyl halides is 3. The van der Waals surface area contributed by atoms with Crippen LogP contribution in [0.25, 0.3) is 0 Å². The molecule has 0 aliphatic carbocycles. The van der Waals surface area contributed by atoms with Crippen molar-refractivity contribution in [1.29, 1.82) is 0 Å². The van der Waals surface area contributed by atoms with Crippen LogP contribution >= 0.6 is 15.9 Å². The maximum Gasteiger partial charge on any atom is 0.416 e. The molecule has 2 nitrogen and oxygen atoms in total. The van der Waals surface area contributed by atoms with Crippen molar-refractivity contribution < 1.29 is 23.0 Å². The van der Waals surface area contributed by atoms with Crippen LogP contribution in [-0.4, -0.2) is 17.8 Å². The molecule has 1 N–H and O–H groups in total. The number of aliphatic hydroxyl groups excluding tert-OH is 1. The lowest BCUT2D eigenvalue weighted by Gasteiger charge is -2.24. The quantitative estimate of drug-likeness (QED) is 0.829. The molecule has 0 aliphatic rings. The monoisotopic (exact) mass is 354 g/mol. The zero-order valence-electron chi connectivity index (χ0n) is 11.6. The Morgan fingerprint density at radius 3 is 2.40 bits per heavy atom. The van der Waals surface area contributed by atoms with Gasteiger partial charge in [-0.1, -0.05) is 15.9 Å². The van der Waals surface area contributed by atoms with E-state index in [1.54, 1.807) is 7.11 Å². The fourth-order valence-corrected chi connectivity index (χ4v) is 2.23. The van der Waals surface area contributed by atoms with E-state index >= 15 is 0 Å². The molecule has 0 amide bonds. The second kappa shape index (κ2) is 6.45.